The van der Waals surface area contributed by atoms with Crippen molar-refractivity contribution in [2.75, 3.05) is 53.1 Å². The summed E-state index contributed by atoms with van der Waals surface area (Å²) in [6.07, 6.45) is 0.359. The lowest BCUT2D eigenvalue weighted by molar-refractivity contribution is -0.142. The van der Waals surface area contributed by atoms with Crippen LogP contribution in [0.5, 0.6) is 11.5 Å². The number of hydrogen-bond acceptors (Lipinski definition) is 6. The van der Waals surface area contributed by atoms with E-state index in [9.17, 15) is 9.59 Å². The molecular formula is C31H36ClN3O5. The van der Waals surface area contributed by atoms with Gasteiger partial charge in [0.05, 0.1) is 25.3 Å². The van der Waals surface area contributed by atoms with Crippen LogP contribution in [0.3, 0.4) is 0 Å². The number of methoxy groups -OCH3 is 1. The Bertz CT molecular complexity index is 1220. The van der Waals surface area contributed by atoms with E-state index in [0.29, 0.717) is 42.7 Å². The molecule has 1 saturated heterocycles. The summed E-state index contributed by atoms with van der Waals surface area (Å²) in [5.74, 6) is 0.596. The molecule has 0 bridgehead atoms. The molecule has 1 aliphatic heterocycles. The molecule has 0 saturated carbocycles. The highest BCUT2D eigenvalue weighted by Crippen LogP contribution is 2.24. The zero-order valence-corrected chi connectivity index (χ0v) is 23.5. The quantitative estimate of drug-likeness (QED) is 0.339. The van der Waals surface area contributed by atoms with Gasteiger partial charge in [0.1, 0.15) is 17.5 Å². The summed E-state index contributed by atoms with van der Waals surface area (Å²) in [5.41, 5.74) is 1.82. The molecule has 9 heteroatoms. The maximum atomic E-state index is 13.7. The number of carbonyl (C=O) groups is 2. The number of nitrogens with one attached hydrogen (secondary N) is 1. The maximum absolute atomic E-state index is 13.7. The number of amides is 2. The fraction of sp³-hybridized carbons (Fsp3) is 0.355. The number of hydrogen-bond donors (Lipinski definition) is 1. The monoisotopic (exact) mass is 565 g/mol. The minimum absolute atomic E-state index is 0.211. The third-order valence-corrected chi connectivity index (χ3v) is 7.11. The second-order valence-electron chi connectivity index (χ2n) is 9.54. The van der Waals surface area contributed by atoms with Crippen LogP contribution in [0.4, 0.5) is 0 Å². The Morgan fingerprint density at radius 1 is 0.975 bits per heavy atom. The summed E-state index contributed by atoms with van der Waals surface area (Å²) < 4.78 is 16.5. The molecule has 3 aromatic rings. The molecule has 3 aromatic carbocycles. The molecule has 4 rings (SSSR count). The zero-order chi connectivity index (χ0) is 28.2. The molecule has 1 heterocycles. The molecule has 0 radical (unpaired) electrons. The normalized spacial score (nSPS) is 14.2. The average molecular weight is 566 g/mol. The first-order valence-corrected chi connectivity index (χ1v) is 13.8. The second kappa shape index (κ2) is 15.3. The van der Waals surface area contributed by atoms with Crippen molar-refractivity contribution in [3.8, 4) is 11.5 Å². The van der Waals surface area contributed by atoms with Crippen molar-refractivity contribution >= 4 is 23.4 Å². The van der Waals surface area contributed by atoms with Gasteiger partial charge in [-0.2, -0.15) is 0 Å². The van der Waals surface area contributed by atoms with Gasteiger partial charge in [-0.05, 0) is 35.4 Å². The summed E-state index contributed by atoms with van der Waals surface area (Å²) in [6.45, 7) is 4.23. The van der Waals surface area contributed by atoms with E-state index >= 15 is 0 Å². The van der Waals surface area contributed by atoms with E-state index in [-0.39, 0.29) is 25.0 Å². The third kappa shape index (κ3) is 8.71. The summed E-state index contributed by atoms with van der Waals surface area (Å²) in [7, 11) is 1.61. The number of ether oxygens (including phenoxy) is 3. The smallest absolute Gasteiger partial charge is 0.261 e. The molecular weight excluding hydrogens is 530 g/mol. The average Bonchev–Trinajstić information content (AvgIpc) is 2.99. The third-order valence-electron chi connectivity index (χ3n) is 6.80. The van der Waals surface area contributed by atoms with E-state index in [1.165, 1.54) is 0 Å². The fourth-order valence-electron chi connectivity index (χ4n) is 4.55. The van der Waals surface area contributed by atoms with Crippen molar-refractivity contribution in [2.24, 2.45) is 0 Å². The highest BCUT2D eigenvalue weighted by molar-refractivity contribution is 6.32. The Labute approximate surface area is 240 Å². The van der Waals surface area contributed by atoms with E-state index in [4.69, 9.17) is 25.8 Å². The second-order valence-corrected chi connectivity index (χ2v) is 9.95. The van der Waals surface area contributed by atoms with Crippen molar-refractivity contribution in [2.45, 2.75) is 19.0 Å². The van der Waals surface area contributed by atoms with Crippen LogP contribution in [0.25, 0.3) is 0 Å². The summed E-state index contributed by atoms with van der Waals surface area (Å²) in [5, 5.41) is 3.49. The molecule has 0 aromatic heterocycles. The number of para-hydroxylation sites is 1. The molecule has 0 aliphatic carbocycles. The van der Waals surface area contributed by atoms with Gasteiger partial charge < -0.3 is 24.4 Å². The first-order valence-electron chi connectivity index (χ1n) is 13.4. The van der Waals surface area contributed by atoms with Crippen molar-refractivity contribution < 1.29 is 23.8 Å². The van der Waals surface area contributed by atoms with E-state index in [1.54, 1.807) is 36.3 Å². The van der Waals surface area contributed by atoms with Crippen molar-refractivity contribution in [1.29, 1.82) is 0 Å². The molecule has 1 unspecified atom stereocenters. The van der Waals surface area contributed by atoms with Gasteiger partial charge in [-0.15, -0.1) is 0 Å². The molecule has 212 valence electrons. The Balaban J connectivity index is 1.55. The first kappa shape index (κ1) is 29.4. The van der Waals surface area contributed by atoms with Crippen molar-refractivity contribution in [1.82, 2.24) is 15.1 Å². The van der Waals surface area contributed by atoms with Gasteiger partial charge in [0.25, 0.3) is 5.91 Å². The maximum Gasteiger partial charge on any atom is 0.261 e. The molecule has 1 aliphatic rings. The Kier molecular flexibility index (Phi) is 11.2. The SMILES string of the molecule is COc1ccc(CN(C(=O)COc2ccccc2Cl)C(Cc2ccccc2)C(=O)NCCN2CCOCC2)cc1. The zero-order valence-electron chi connectivity index (χ0n) is 22.8. The number of benzene rings is 3. The van der Waals surface area contributed by atoms with Crippen molar-refractivity contribution in [3.63, 3.8) is 0 Å². The minimum atomic E-state index is -0.753. The van der Waals surface area contributed by atoms with E-state index in [0.717, 1.165) is 30.8 Å². The molecule has 1 fully saturated rings. The van der Waals surface area contributed by atoms with Crippen LogP contribution in [0.15, 0.2) is 78.9 Å². The largest absolute Gasteiger partial charge is 0.497 e. The highest BCUT2D eigenvalue weighted by Gasteiger charge is 2.31. The Morgan fingerprint density at radius 3 is 2.38 bits per heavy atom. The molecule has 0 spiro atoms. The number of nitrogens with zero attached hydrogens (tertiary/aromatic N) is 2. The van der Waals surface area contributed by atoms with Gasteiger partial charge in [0, 0.05) is 39.1 Å². The molecule has 1 N–H and O–H groups in total. The van der Waals surface area contributed by atoms with Gasteiger partial charge in [-0.3, -0.25) is 14.5 Å². The van der Waals surface area contributed by atoms with Crippen LogP contribution >= 0.6 is 11.6 Å². The fourth-order valence-corrected chi connectivity index (χ4v) is 4.74. The van der Waals surface area contributed by atoms with Gasteiger partial charge in [0.2, 0.25) is 5.91 Å². The Morgan fingerprint density at radius 2 is 1.68 bits per heavy atom. The number of halogens is 1. The van der Waals surface area contributed by atoms with Crippen LogP contribution in [0.1, 0.15) is 11.1 Å². The lowest BCUT2D eigenvalue weighted by Gasteiger charge is -2.32. The highest BCUT2D eigenvalue weighted by atomic mass is 35.5. The van der Waals surface area contributed by atoms with Crippen LogP contribution in [-0.4, -0.2) is 80.8 Å². The lowest BCUT2D eigenvalue weighted by atomic mass is 10.0. The number of carbonyl (C=O) groups excluding carboxylic acids is 2. The summed E-state index contributed by atoms with van der Waals surface area (Å²) in [6, 6.07) is 23.4. The summed E-state index contributed by atoms with van der Waals surface area (Å²) in [4.78, 5) is 31.3. The number of morpholine rings is 1. The minimum Gasteiger partial charge on any atom is -0.497 e. The number of rotatable bonds is 13. The van der Waals surface area contributed by atoms with Gasteiger partial charge in [-0.25, -0.2) is 0 Å². The van der Waals surface area contributed by atoms with Crippen molar-refractivity contribution in [3.05, 3.63) is 95.0 Å². The van der Waals surface area contributed by atoms with E-state index in [1.807, 2.05) is 54.6 Å². The molecule has 8 nitrogen and oxygen atoms in total. The van der Waals surface area contributed by atoms with Crippen LogP contribution in [0.2, 0.25) is 5.02 Å². The predicted octanol–water partition coefficient (Wildman–Crippen LogP) is 3.82. The Hall–Kier alpha value is -3.59. The van der Waals surface area contributed by atoms with Crippen LogP contribution in [0, 0.1) is 0 Å². The summed E-state index contributed by atoms with van der Waals surface area (Å²) >= 11 is 6.25. The van der Waals surface area contributed by atoms with Gasteiger partial charge in [0.15, 0.2) is 6.61 Å². The molecule has 40 heavy (non-hydrogen) atoms. The van der Waals surface area contributed by atoms with E-state index < -0.39 is 6.04 Å². The van der Waals surface area contributed by atoms with Gasteiger partial charge >= 0.3 is 0 Å². The van der Waals surface area contributed by atoms with Crippen LogP contribution < -0.4 is 14.8 Å². The molecule has 2 amide bonds. The van der Waals surface area contributed by atoms with E-state index in [2.05, 4.69) is 10.2 Å². The topological polar surface area (TPSA) is 80.3 Å². The lowest BCUT2D eigenvalue weighted by Crippen LogP contribution is -2.52. The van der Waals surface area contributed by atoms with Gasteiger partial charge in [-0.1, -0.05) is 66.2 Å². The molecule has 1 atom stereocenters. The standard InChI is InChI=1S/C31H36ClN3O5/c1-38-26-13-11-25(12-14-26)22-35(30(36)23-40-29-10-6-5-9-27(29)32)28(21-24-7-3-2-4-8-24)31(37)33-15-16-34-17-19-39-20-18-34/h2-14,28H,15-23H2,1H3,(H,33,37). The van der Waals surface area contributed by atoms with Crippen LogP contribution in [-0.2, 0) is 27.3 Å². The first-order chi connectivity index (χ1) is 19.5. The predicted molar refractivity (Wildman–Crippen MR) is 155 cm³/mol.